The molecule has 1 amide bonds. The largest absolute Gasteiger partial charge is 0.497 e. The first-order chi connectivity index (χ1) is 17.1. The van der Waals surface area contributed by atoms with Crippen LogP contribution in [0.2, 0.25) is 0 Å². The van der Waals surface area contributed by atoms with Gasteiger partial charge in [-0.3, -0.25) is 4.79 Å². The number of fused-ring (bicyclic) bond motifs is 1. The summed E-state index contributed by atoms with van der Waals surface area (Å²) in [7, 11) is 3.32. The van der Waals surface area contributed by atoms with Crippen LogP contribution in [-0.4, -0.2) is 56.2 Å². The van der Waals surface area contributed by atoms with Gasteiger partial charge in [-0.15, -0.1) is 0 Å². The van der Waals surface area contributed by atoms with E-state index < -0.39 is 0 Å². The maximum atomic E-state index is 13.8. The molecule has 6 heteroatoms. The van der Waals surface area contributed by atoms with E-state index in [0.717, 1.165) is 58.0 Å². The Balaban J connectivity index is 1.42. The summed E-state index contributed by atoms with van der Waals surface area (Å²) in [5.74, 6) is 1.68. The second-order valence-electron chi connectivity index (χ2n) is 8.78. The van der Waals surface area contributed by atoms with Gasteiger partial charge in [-0.05, 0) is 73.7 Å². The molecule has 0 radical (unpaired) electrons. The molecule has 0 spiro atoms. The van der Waals surface area contributed by atoms with Gasteiger partial charge in [0, 0.05) is 42.8 Å². The van der Waals surface area contributed by atoms with Crippen LogP contribution in [0.1, 0.15) is 15.9 Å². The lowest BCUT2D eigenvalue weighted by atomic mass is 10.0. The average molecular weight is 468 g/mol. The lowest BCUT2D eigenvalue weighted by molar-refractivity contribution is 0.0748. The van der Waals surface area contributed by atoms with Gasteiger partial charge >= 0.3 is 0 Å². The minimum atomic E-state index is 0.0483. The number of hydrogen-bond acceptors (Lipinski definition) is 5. The van der Waals surface area contributed by atoms with E-state index in [-0.39, 0.29) is 5.91 Å². The van der Waals surface area contributed by atoms with E-state index in [0.29, 0.717) is 18.7 Å². The monoisotopic (exact) mass is 467 g/mol. The molecular weight excluding hydrogens is 438 g/mol. The molecule has 4 aromatic rings. The minimum absolute atomic E-state index is 0.0483. The Morgan fingerprint density at radius 1 is 0.800 bits per heavy atom. The summed E-state index contributed by atoms with van der Waals surface area (Å²) in [6.45, 7) is 4.94. The average Bonchev–Trinajstić information content (AvgIpc) is 2.92. The second-order valence-corrected chi connectivity index (χ2v) is 8.78. The van der Waals surface area contributed by atoms with Gasteiger partial charge in [0.25, 0.3) is 5.91 Å². The number of carbonyl (C=O) groups excluding carboxylic acids is 1. The zero-order valence-electron chi connectivity index (χ0n) is 20.3. The topological polar surface area (TPSA) is 54.9 Å². The van der Waals surface area contributed by atoms with Crippen LogP contribution in [0.25, 0.3) is 22.2 Å². The number of anilines is 1. The van der Waals surface area contributed by atoms with Crippen LogP contribution in [-0.2, 0) is 0 Å². The molecule has 0 bridgehead atoms. The highest BCUT2D eigenvalue weighted by Crippen LogP contribution is 2.29. The molecule has 1 aliphatic heterocycles. The zero-order valence-corrected chi connectivity index (χ0v) is 20.3. The Morgan fingerprint density at radius 3 is 2.06 bits per heavy atom. The number of aromatic nitrogens is 1. The van der Waals surface area contributed by atoms with Crippen LogP contribution < -0.4 is 14.4 Å². The maximum Gasteiger partial charge on any atom is 0.254 e. The summed E-state index contributed by atoms with van der Waals surface area (Å²) in [5, 5.41) is 0.893. The highest BCUT2D eigenvalue weighted by Gasteiger charge is 2.24. The summed E-state index contributed by atoms with van der Waals surface area (Å²) in [5.41, 5.74) is 5.50. The van der Waals surface area contributed by atoms with E-state index in [2.05, 4.69) is 23.1 Å². The lowest BCUT2D eigenvalue weighted by Gasteiger charge is -2.36. The van der Waals surface area contributed by atoms with Crippen molar-refractivity contribution in [2.45, 2.75) is 6.92 Å². The number of rotatable bonds is 5. The molecule has 0 saturated carbocycles. The lowest BCUT2D eigenvalue weighted by Crippen LogP contribution is -2.48. The van der Waals surface area contributed by atoms with Crippen molar-refractivity contribution in [3.8, 4) is 22.8 Å². The number of benzene rings is 3. The van der Waals surface area contributed by atoms with Crippen molar-refractivity contribution in [3.05, 3.63) is 83.9 Å². The molecule has 0 atom stereocenters. The number of pyridine rings is 1. The van der Waals surface area contributed by atoms with Gasteiger partial charge in [-0.25, -0.2) is 4.98 Å². The Kier molecular flexibility index (Phi) is 6.27. The summed E-state index contributed by atoms with van der Waals surface area (Å²) in [4.78, 5) is 22.9. The molecule has 0 unspecified atom stereocenters. The fraction of sp³-hybridized carbons (Fsp3) is 0.241. The Morgan fingerprint density at radius 2 is 1.43 bits per heavy atom. The van der Waals surface area contributed by atoms with Crippen LogP contribution in [0.4, 0.5) is 5.69 Å². The van der Waals surface area contributed by atoms with Gasteiger partial charge in [0.2, 0.25) is 0 Å². The van der Waals surface area contributed by atoms with Gasteiger partial charge in [0.1, 0.15) is 11.5 Å². The van der Waals surface area contributed by atoms with Gasteiger partial charge < -0.3 is 19.3 Å². The third kappa shape index (κ3) is 4.64. The van der Waals surface area contributed by atoms with Crippen molar-refractivity contribution in [2.24, 2.45) is 0 Å². The van der Waals surface area contributed by atoms with E-state index >= 15 is 0 Å². The molecule has 6 nitrogen and oxygen atoms in total. The summed E-state index contributed by atoms with van der Waals surface area (Å²) in [6.07, 6.45) is 0. The predicted molar refractivity (Wildman–Crippen MR) is 140 cm³/mol. The molecule has 178 valence electrons. The van der Waals surface area contributed by atoms with Gasteiger partial charge in [-0.1, -0.05) is 11.6 Å². The normalized spacial score (nSPS) is 13.7. The highest BCUT2D eigenvalue weighted by atomic mass is 16.5. The van der Waals surface area contributed by atoms with Crippen molar-refractivity contribution in [3.63, 3.8) is 0 Å². The SMILES string of the molecule is COc1ccc(-c2cc(C(=O)N3CCN(c4ccc(OC)cc4)CC3)c3cc(C)ccc3n2)cc1. The molecule has 1 fully saturated rings. The number of aryl methyl sites for hydroxylation is 1. The summed E-state index contributed by atoms with van der Waals surface area (Å²) < 4.78 is 10.6. The molecule has 35 heavy (non-hydrogen) atoms. The smallest absolute Gasteiger partial charge is 0.254 e. The quantitative estimate of drug-likeness (QED) is 0.404. The van der Waals surface area contributed by atoms with Crippen LogP contribution in [0.3, 0.4) is 0 Å². The van der Waals surface area contributed by atoms with E-state index in [1.54, 1.807) is 14.2 Å². The number of ether oxygens (including phenoxy) is 2. The zero-order chi connectivity index (χ0) is 24.4. The number of carbonyl (C=O) groups is 1. The number of amides is 1. The summed E-state index contributed by atoms with van der Waals surface area (Å²) in [6, 6.07) is 23.9. The number of piperazine rings is 1. The van der Waals surface area contributed by atoms with Crippen molar-refractivity contribution in [1.82, 2.24) is 9.88 Å². The molecular formula is C29H29N3O3. The number of nitrogens with zero attached hydrogens (tertiary/aromatic N) is 3. The first-order valence-electron chi connectivity index (χ1n) is 11.8. The third-order valence-corrected chi connectivity index (χ3v) is 6.58. The Bertz CT molecular complexity index is 1340. The van der Waals surface area contributed by atoms with Crippen LogP contribution in [0.5, 0.6) is 11.5 Å². The van der Waals surface area contributed by atoms with Crippen molar-refractivity contribution >= 4 is 22.5 Å². The van der Waals surface area contributed by atoms with Crippen molar-refractivity contribution in [2.75, 3.05) is 45.3 Å². The van der Waals surface area contributed by atoms with Gasteiger partial charge in [0.05, 0.1) is 31.0 Å². The van der Waals surface area contributed by atoms with E-state index in [9.17, 15) is 4.79 Å². The van der Waals surface area contributed by atoms with E-state index in [1.807, 2.05) is 66.4 Å². The van der Waals surface area contributed by atoms with E-state index in [4.69, 9.17) is 14.5 Å². The molecule has 1 saturated heterocycles. The number of hydrogen-bond donors (Lipinski definition) is 0. The molecule has 1 aromatic heterocycles. The molecule has 0 N–H and O–H groups in total. The number of methoxy groups -OCH3 is 2. The first-order valence-corrected chi connectivity index (χ1v) is 11.8. The van der Waals surface area contributed by atoms with Crippen molar-refractivity contribution in [1.29, 1.82) is 0 Å². The van der Waals surface area contributed by atoms with Crippen molar-refractivity contribution < 1.29 is 14.3 Å². The predicted octanol–water partition coefficient (Wildman–Crippen LogP) is 5.19. The molecule has 0 aliphatic carbocycles. The van der Waals surface area contributed by atoms with E-state index in [1.165, 1.54) is 0 Å². The third-order valence-electron chi connectivity index (χ3n) is 6.58. The second kappa shape index (κ2) is 9.66. The van der Waals surface area contributed by atoms with Crippen LogP contribution >= 0.6 is 0 Å². The van der Waals surface area contributed by atoms with Gasteiger partial charge in [-0.2, -0.15) is 0 Å². The standard InChI is InChI=1S/C29H29N3O3/c1-20-4-13-27-25(18-20)26(19-28(30-27)21-5-9-23(34-2)10-6-21)29(33)32-16-14-31(15-17-32)22-7-11-24(35-3)12-8-22/h4-13,18-19H,14-17H2,1-3H3. The highest BCUT2D eigenvalue weighted by molar-refractivity contribution is 6.07. The molecule has 3 aromatic carbocycles. The van der Waals surface area contributed by atoms with Crippen LogP contribution in [0.15, 0.2) is 72.8 Å². The first kappa shape index (κ1) is 22.7. The van der Waals surface area contributed by atoms with Gasteiger partial charge in [0.15, 0.2) is 0 Å². The molecule has 1 aliphatic rings. The molecule has 2 heterocycles. The Labute approximate surface area is 205 Å². The Hall–Kier alpha value is -4.06. The maximum absolute atomic E-state index is 13.8. The summed E-state index contributed by atoms with van der Waals surface area (Å²) >= 11 is 0. The molecule has 5 rings (SSSR count). The fourth-order valence-corrected chi connectivity index (χ4v) is 4.56. The fourth-order valence-electron chi connectivity index (χ4n) is 4.56. The van der Waals surface area contributed by atoms with Crippen LogP contribution in [0, 0.1) is 6.92 Å². The minimum Gasteiger partial charge on any atom is -0.497 e.